The highest BCUT2D eigenvalue weighted by atomic mass is 79.9. The minimum Gasteiger partial charge on any atom is -0.493 e. The molecule has 0 atom stereocenters. The van der Waals surface area contributed by atoms with E-state index in [4.69, 9.17) is 18.6 Å². The molecule has 2 rings (SSSR count). The van der Waals surface area contributed by atoms with E-state index in [0.29, 0.717) is 33.8 Å². The van der Waals surface area contributed by atoms with Gasteiger partial charge in [-0.3, -0.25) is 9.69 Å². The number of carbonyl (C=O) groups is 1. The van der Waals surface area contributed by atoms with Crippen LogP contribution in [0.3, 0.4) is 0 Å². The Balaban J connectivity index is 2.31. The number of methoxy groups -OCH3 is 3. The Morgan fingerprint density at radius 3 is 2.12 bits per heavy atom. The Bertz CT molecular complexity index is 925. The van der Waals surface area contributed by atoms with Crippen molar-refractivity contribution in [2.24, 2.45) is 0 Å². The zero-order valence-corrected chi connectivity index (χ0v) is 22.8. The van der Waals surface area contributed by atoms with E-state index in [1.54, 1.807) is 24.1 Å². The molecular weight excluding hydrogens is 490 g/mol. The highest BCUT2D eigenvalue weighted by Crippen LogP contribution is 2.38. The number of nitrogens with zero attached hydrogens (tertiary/aromatic N) is 1. The number of ether oxygens (including phenoxy) is 3. The number of anilines is 1. The molecule has 176 valence electrons. The van der Waals surface area contributed by atoms with E-state index in [-0.39, 0.29) is 17.7 Å². The van der Waals surface area contributed by atoms with Crippen molar-refractivity contribution in [2.45, 2.75) is 45.5 Å². The standard InChI is InChI=1S/C24H34BrNO5Si/c1-24(2,3)32(7,8)31-15-17-9-11-18(12-10-17)26(16-28-4)23(27)21-19(25)13-14-20(29-5)22(21)30-6/h9-14H,15-16H2,1-8H3. The molecule has 2 aromatic carbocycles. The first-order valence-electron chi connectivity index (χ1n) is 10.4. The van der Waals surface area contributed by atoms with Gasteiger partial charge in [0.2, 0.25) is 0 Å². The molecule has 32 heavy (non-hydrogen) atoms. The molecule has 0 saturated heterocycles. The summed E-state index contributed by atoms with van der Waals surface area (Å²) in [6, 6.07) is 11.3. The molecule has 0 spiro atoms. The van der Waals surface area contributed by atoms with E-state index >= 15 is 0 Å². The minimum absolute atomic E-state index is 0.0887. The van der Waals surface area contributed by atoms with E-state index in [2.05, 4.69) is 49.8 Å². The largest absolute Gasteiger partial charge is 0.493 e. The van der Waals surface area contributed by atoms with Crippen LogP contribution in [-0.4, -0.2) is 42.3 Å². The van der Waals surface area contributed by atoms with Crippen molar-refractivity contribution < 1.29 is 23.4 Å². The molecule has 0 N–H and O–H groups in total. The normalized spacial score (nSPS) is 11.9. The molecule has 0 fully saturated rings. The molecule has 0 aromatic heterocycles. The van der Waals surface area contributed by atoms with E-state index in [0.717, 1.165) is 5.56 Å². The Kier molecular flexibility index (Phi) is 8.93. The summed E-state index contributed by atoms with van der Waals surface area (Å²) < 4.78 is 23.1. The summed E-state index contributed by atoms with van der Waals surface area (Å²) in [5, 5.41) is 0.151. The number of rotatable bonds is 9. The molecule has 0 unspecified atom stereocenters. The molecule has 8 heteroatoms. The first kappa shape index (κ1) is 26.4. The fourth-order valence-corrected chi connectivity index (χ4v) is 4.31. The summed E-state index contributed by atoms with van der Waals surface area (Å²) in [7, 11) is 2.77. The van der Waals surface area contributed by atoms with E-state index in [1.807, 2.05) is 24.3 Å². The Morgan fingerprint density at radius 2 is 1.62 bits per heavy atom. The lowest BCUT2D eigenvalue weighted by Gasteiger charge is -2.36. The molecule has 0 saturated carbocycles. The van der Waals surface area contributed by atoms with Gasteiger partial charge >= 0.3 is 0 Å². The first-order chi connectivity index (χ1) is 15.0. The maximum Gasteiger partial charge on any atom is 0.265 e. The van der Waals surface area contributed by atoms with E-state index in [9.17, 15) is 4.79 Å². The highest BCUT2D eigenvalue weighted by molar-refractivity contribution is 9.10. The van der Waals surface area contributed by atoms with Gasteiger partial charge in [-0.2, -0.15) is 0 Å². The van der Waals surface area contributed by atoms with Gasteiger partial charge in [0.15, 0.2) is 19.8 Å². The van der Waals surface area contributed by atoms with Crippen molar-refractivity contribution in [3.8, 4) is 11.5 Å². The summed E-state index contributed by atoms with van der Waals surface area (Å²) in [5.74, 6) is 0.585. The molecule has 1 amide bonds. The predicted molar refractivity (Wildman–Crippen MR) is 134 cm³/mol. The summed E-state index contributed by atoms with van der Waals surface area (Å²) >= 11 is 3.47. The summed E-state index contributed by atoms with van der Waals surface area (Å²) in [4.78, 5) is 15.1. The summed E-state index contributed by atoms with van der Waals surface area (Å²) in [6.07, 6.45) is 0. The summed E-state index contributed by atoms with van der Waals surface area (Å²) in [5.41, 5.74) is 2.14. The quantitative estimate of drug-likeness (QED) is 0.287. The van der Waals surface area contributed by atoms with Gasteiger partial charge in [-0.15, -0.1) is 0 Å². The van der Waals surface area contributed by atoms with Crippen LogP contribution in [0.1, 0.15) is 36.7 Å². The number of amides is 1. The molecule has 6 nitrogen and oxygen atoms in total. The molecule has 0 radical (unpaired) electrons. The van der Waals surface area contributed by atoms with Crippen LogP contribution in [0.25, 0.3) is 0 Å². The van der Waals surface area contributed by atoms with Crippen LogP contribution in [0, 0.1) is 0 Å². The Hall–Kier alpha value is -1.87. The van der Waals surface area contributed by atoms with E-state index < -0.39 is 8.32 Å². The maximum absolute atomic E-state index is 13.5. The van der Waals surface area contributed by atoms with Gasteiger partial charge in [-0.1, -0.05) is 32.9 Å². The molecule has 0 bridgehead atoms. The van der Waals surface area contributed by atoms with Crippen LogP contribution in [0.15, 0.2) is 40.9 Å². The smallest absolute Gasteiger partial charge is 0.265 e. The zero-order chi connectivity index (χ0) is 24.1. The van der Waals surface area contributed by atoms with Crippen molar-refractivity contribution >= 4 is 35.8 Å². The number of hydrogen-bond donors (Lipinski definition) is 0. The average molecular weight is 525 g/mol. The molecule has 0 aliphatic heterocycles. The Labute approximate surface area is 201 Å². The second kappa shape index (κ2) is 10.8. The van der Waals surface area contributed by atoms with Crippen LogP contribution in [0.4, 0.5) is 5.69 Å². The van der Waals surface area contributed by atoms with Gasteiger partial charge in [0.05, 0.1) is 20.8 Å². The van der Waals surface area contributed by atoms with Crippen molar-refractivity contribution in [1.29, 1.82) is 0 Å². The van der Waals surface area contributed by atoms with Gasteiger partial charge in [-0.25, -0.2) is 0 Å². The predicted octanol–water partition coefficient (Wildman–Crippen LogP) is 6.24. The number of carbonyl (C=O) groups excluding carboxylic acids is 1. The van der Waals surface area contributed by atoms with Gasteiger partial charge in [0, 0.05) is 17.3 Å². The van der Waals surface area contributed by atoms with Gasteiger partial charge in [0.1, 0.15) is 12.3 Å². The number of halogens is 1. The molecule has 2 aromatic rings. The van der Waals surface area contributed by atoms with Crippen LogP contribution >= 0.6 is 15.9 Å². The lowest BCUT2D eigenvalue weighted by Crippen LogP contribution is -2.40. The average Bonchev–Trinajstić information content (AvgIpc) is 2.75. The van der Waals surface area contributed by atoms with Crippen LogP contribution in [-0.2, 0) is 15.8 Å². The molecule has 0 heterocycles. The van der Waals surface area contributed by atoms with Gasteiger partial charge < -0.3 is 18.6 Å². The highest BCUT2D eigenvalue weighted by Gasteiger charge is 2.37. The third-order valence-corrected chi connectivity index (χ3v) is 11.0. The minimum atomic E-state index is -1.84. The monoisotopic (exact) mass is 523 g/mol. The molecular formula is C24H34BrNO5Si. The fourth-order valence-electron chi connectivity index (χ4n) is 2.87. The van der Waals surface area contributed by atoms with Crippen molar-refractivity contribution in [3.05, 3.63) is 52.0 Å². The van der Waals surface area contributed by atoms with Crippen LogP contribution in [0.2, 0.25) is 18.1 Å². The first-order valence-corrected chi connectivity index (χ1v) is 14.1. The van der Waals surface area contributed by atoms with Crippen LogP contribution < -0.4 is 14.4 Å². The SMILES string of the molecule is COCN(C(=O)c1c(Br)ccc(OC)c1OC)c1ccc(CO[Si](C)(C)C(C)(C)C)cc1. The van der Waals surface area contributed by atoms with Crippen molar-refractivity contribution in [2.75, 3.05) is 33.0 Å². The number of benzene rings is 2. The van der Waals surface area contributed by atoms with E-state index in [1.165, 1.54) is 14.2 Å². The summed E-state index contributed by atoms with van der Waals surface area (Å²) in [6.45, 7) is 11.8. The molecule has 0 aliphatic rings. The van der Waals surface area contributed by atoms with Crippen molar-refractivity contribution in [1.82, 2.24) is 0 Å². The topological polar surface area (TPSA) is 57.2 Å². The fraction of sp³-hybridized carbons (Fsp3) is 0.458. The third kappa shape index (κ3) is 5.92. The van der Waals surface area contributed by atoms with Crippen LogP contribution in [0.5, 0.6) is 11.5 Å². The van der Waals surface area contributed by atoms with Gasteiger partial charge in [0.25, 0.3) is 5.91 Å². The molecule has 0 aliphatic carbocycles. The zero-order valence-electron chi connectivity index (χ0n) is 20.2. The second-order valence-corrected chi connectivity index (χ2v) is 14.7. The maximum atomic E-state index is 13.5. The lowest BCUT2D eigenvalue weighted by molar-refractivity contribution is 0.0932. The Morgan fingerprint density at radius 1 is 1.00 bits per heavy atom. The lowest BCUT2D eigenvalue weighted by atomic mass is 10.1. The second-order valence-electron chi connectivity index (χ2n) is 9.02. The van der Waals surface area contributed by atoms with Gasteiger partial charge in [-0.05, 0) is 63.9 Å². The van der Waals surface area contributed by atoms with Crippen molar-refractivity contribution in [3.63, 3.8) is 0 Å². The third-order valence-electron chi connectivity index (χ3n) is 5.87. The number of hydrogen-bond acceptors (Lipinski definition) is 5.